The van der Waals surface area contributed by atoms with Gasteiger partial charge < -0.3 is 16.0 Å². The molecule has 1 saturated heterocycles. The van der Waals surface area contributed by atoms with Crippen LogP contribution in [0.15, 0.2) is 24.3 Å². The number of rotatable bonds is 5. The lowest BCUT2D eigenvalue weighted by atomic mass is 9.91. The van der Waals surface area contributed by atoms with Crippen LogP contribution in [0.5, 0.6) is 0 Å². The fraction of sp³-hybridized carbons (Fsp3) is 0.600. The lowest BCUT2D eigenvalue weighted by Gasteiger charge is -2.32. The fourth-order valence-corrected chi connectivity index (χ4v) is 3.39. The topological polar surface area (TPSA) is 75.4 Å². The van der Waals surface area contributed by atoms with E-state index in [0.717, 1.165) is 18.4 Å². The van der Waals surface area contributed by atoms with Crippen molar-refractivity contribution < 1.29 is 9.59 Å². The minimum atomic E-state index is -0.442. The van der Waals surface area contributed by atoms with Crippen molar-refractivity contribution >= 4 is 11.9 Å². The summed E-state index contributed by atoms with van der Waals surface area (Å²) in [5.41, 5.74) is 7.78. The molecule has 2 rings (SSSR count). The third-order valence-electron chi connectivity index (χ3n) is 5.03. The number of nitrogens with one attached hydrogen (secondary N) is 1. The van der Waals surface area contributed by atoms with Gasteiger partial charge in [0.1, 0.15) is 0 Å². The van der Waals surface area contributed by atoms with Crippen LogP contribution in [-0.4, -0.2) is 29.9 Å². The standard InChI is InChI=1S/C20H31N3O2/c1-13(2)15-7-9-16(10-8-15)18(14(3)4)22-19(24)17-6-5-11-23(12-17)20(21)25/h7-10,13-14,17-18H,5-6,11-12H2,1-4H3,(H2,21,25)(H,22,24). The predicted octanol–water partition coefficient (Wildman–Crippen LogP) is 3.41. The van der Waals surface area contributed by atoms with Gasteiger partial charge in [-0.15, -0.1) is 0 Å². The Bertz CT molecular complexity index is 595. The summed E-state index contributed by atoms with van der Waals surface area (Å²) in [6.45, 7) is 9.62. The lowest BCUT2D eigenvalue weighted by Crippen LogP contribution is -2.48. The van der Waals surface area contributed by atoms with Gasteiger partial charge in [-0.1, -0.05) is 52.0 Å². The number of amides is 3. The molecule has 0 saturated carbocycles. The summed E-state index contributed by atoms with van der Waals surface area (Å²) in [6.07, 6.45) is 1.61. The summed E-state index contributed by atoms with van der Waals surface area (Å²) in [4.78, 5) is 25.7. The quantitative estimate of drug-likeness (QED) is 0.858. The van der Waals surface area contributed by atoms with Crippen molar-refractivity contribution in [1.82, 2.24) is 10.2 Å². The van der Waals surface area contributed by atoms with Crippen molar-refractivity contribution in [2.45, 2.75) is 52.5 Å². The Hall–Kier alpha value is -2.04. The minimum absolute atomic E-state index is 0.0117. The second-order valence-corrected chi connectivity index (χ2v) is 7.68. The molecule has 0 aliphatic carbocycles. The first-order valence-corrected chi connectivity index (χ1v) is 9.24. The Morgan fingerprint density at radius 2 is 1.72 bits per heavy atom. The highest BCUT2D eigenvalue weighted by atomic mass is 16.2. The molecule has 1 fully saturated rings. The molecule has 0 aromatic heterocycles. The van der Waals surface area contributed by atoms with E-state index in [1.807, 2.05) is 0 Å². The smallest absolute Gasteiger partial charge is 0.314 e. The Kier molecular flexibility index (Phi) is 6.45. The van der Waals surface area contributed by atoms with Crippen LogP contribution < -0.4 is 11.1 Å². The molecule has 3 amide bonds. The molecule has 1 heterocycles. The second kappa shape index (κ2) is 8.37. The van der Waals surface area contributed by atoms with Gasteiger partial charge in [0.2, 0.25) is 5.91 Å². The molecule has 0 spiro atoms. The maximum atomic E-state index is 12.7. The normalized spacial score (nSPS) is 19.1. The molecule has 5 heteroatoms. The summed E-state index contributed by atoms with van der Waals surface area (Å²) >= 11 is 0. The van der Waals surface area contributed by atoms with Crippen molar-refractivity contribution in [2.75, 3.05) is 13.1 Å². The second-order valence-electron chi connectivity index (χ2n) is 7.68. The molecular weight excluding hydrogens is 314 g/mol. The Morgan fingerprint density at radius 3 is 2.24 bits per heavy atom. The number of hydrogen-bond acceptors (Lipinski definition) is 2. The average molecular weight is 345 g/mol. The van der Waals surface area contributed by atoms with Crippen LogP contribution in [0, 0.1) is 11.8 Å². The van der Waals surface area contributed by atoms with E-state index in [1.165, 1.54) is 5.56 Å². The number of carbonyl (C=O) groups excluding carboxylic acids is 2. The highest BCUT2D eigenvalue weighted by Gasteiger charge is 2.29. The van der Waals surface area contributed by atoms with Gasteiger partial charge in [-0.25, -0.2) is 4.79 Å². The number of nitrogens with two attached hydrogens (primary N) is 1. The van der Waals surface area contributed by atoms with Crippen LogP contribution in [0.1, 0.15) is 63.6 Å². The number of hydrogen-bond donors (Lipinski definition) is 2. The van der Waals surface area contributed by atoms with E-state index in [9.17, 15) is 9.59 Å². The molecule has 1 aromatic carbocycles. The first kappa shape index (κ1) is 19.3. The third kappa shape index (κ3) is 4.97. The van der Waals surface area contributed by atoms with E-state index in [1.54, 1.807) is 4.90 Å². The largest absolute Gasteiger partial charge is 0.351 e. The van der Waals surface area contributed by atoms with Crippen LogP contribution >= 0.6 is 0 Å². The summed E-state index contributed by atoms with van der Waals surface area (Å²) < 4.78 is 0. The summed E-state index contributed by atoms with van der Waals surface area (Å²) in [7, 11) is 0. The summed E-state index contributed by atoms with van der Waals surface area (Å²) in [5.74, 6) is 0.600. The van der Waals surface area contributed by atoms with Crippen LogP contribution in [0.2, 0.25) is 0 Å². The van der Waals surface area contributed by atoms with E-state index in [4.69, 9.17) is 5.73 Å². The monoisotopic (exact) mass is 345 g/mol. The van der Waals surface area contributed by atoms with Crippen molar-refractivity contribution in [3.05, 3.63) is 35.4 Å². The van der Waals surface area contributed by atoms with Gasteiger partial charge in [0.25, 0.3) is 0 Å². The number of piperidine rings is 1. The van der Waals surface area contributed by atoms with Gasteiger partial charge in [-0.3, -0.25) is 4.79 Å². The van der Waals surface area contributed by atoms with Crippen molar-refractivity contribution in [1.29, 1.82) is 0 Å². The average Bonchev–Trinajstić information content (AvgIpc) is 2.59. The van der Waals surface area contributed by atoms with Crippen LogP contribution in [0.3, 0.4) is 0 Å². The fourth-order valence-electron chi connectivity index (χ4n) is 3.39. The molecule has 1 aliphatic heterocycles. The number of nitrogens with zero attached hydrogens (tertiary/aromatic N) is 1. The highest BCUT2D eigenvalue weighted by Crippen LogP contribution is 2.25. The van der Waals surface area contributed by atoms with Crippen LogP contribution in [-0.2, 0) is 4.79 Å². The van der Waals surface area contributed by atoms with Crippen LogP contribution in [0.4, 0.5) is 4.79 Å². The Balaban J connectivity index is 2.08. The van der Waals surface area contributed by atoms with Gasteiger partial charge in [0.15, 0.2) is 0 Å². The maximum Gasteiger partial charge on any atom is 0.314 e. The zero-order valence-corrected chi connectivity index (χ0v) is 15.8. The summed E-state index contributed by atoms with van der Waals surface area (Å²) in [6, 6.07) is 8.02. The predicted molar refractivity (Wildman–Crippen MR) is 100 cm³/mol. The molecule has 1 aromatic rings. The van der Waals surface area contributed by atoms with E-state index in [-0.39, 0.29) is 23.8 Å². The van der Waals surface area contributed by atoms with E-state index >= 15 is 0 Å². The number of primary amides is 1. The van der Waals surface area contributed by atoms with Crippen molar-refractivity contribution in [3.8, 4) is 0 Å². The van der Waals surface area contributed by atoms with Gasteiger partial charge >= 0.3 is 6.03 Å². The molecule has 0 bridgehead atoms. The summed E-state index contributed by atoms with van der Waals surface area (Å²) in [5, 5.41) is 3.19. The van der Waals surface area contributed by atoms with Gasteiger partial charge in [-0.05, 0) is 35.8 Å². The lowest BCUT2D eigenvalue weighted by molar-refractivity contribution is -0.127. The number of urea groups is 1. The van der Waals surface area contributed by atoms with E-state index < -0.39 is 6.03 Å². The van der Waals surface area contributed by atoms with Crippen molar-refractivity contribution in [3.63, 3.8) is 0 Å². The highest BCUT2D eigenvalue weighted by molar-refractivity contribution is 5.81. The number of carbonyl (C=O) groups is 2. The molecule has 3 N–H and O–H groups in total. The molecular formula is C20H31N3O2. The van der Waals surface area contributed by atoms with Gasteiger partial charge in [-0.2, -0.15) is 0 Å². The first-order valence-electron chi connectivity index (χ1n) is 9.24. The van der Waals surface area contributed by atoms with Crippen LogP contribution in [0.25, 0.3) is 0 Å². The molecule has 2 atom stereocenters. The maximum absolute atomic E-state index is 12.7. The number of likely N-dealkylation sites (tertiary alicyclic amines) is 1. The number of benzene rings is 1. The molecule has 2 unspecified atom stereocenters. The van der Waals surface area contributed by atoms with Crippen molar-refractivity contribution in [2.24, 2.45) is 17.6 Å². The molecule has 5 nitrogen and oxygen atoms in total. The molecule has 1 aliphatic rings. The van der Waals surface area contributed by atoms with E-state index in [0.29, 0.717) is 19.0 Å². The SMILES string of the molecule is CC(C)c1ccc(C(NC(=O)C2CCCN(C(N)=O)C2)C(C)C)cc1. The third-order valence-corrected chi connectivity index (χ3v) is 5.03. The Labute approximate surface area is 151 Å². The molecule has 0 radical (unpaired) electrons. The molecule has 25 heavy (non-hydrogen) atoms. The first-order chi connectivity index (χ1) is 11.8. The Morgan fingerprint density at radius 1 is 1.12 bits per heavy atom. The zero-order chi connectivity index (χ0) is 18.6. The van der Waals surface area contributed by atoms with Gasteiger partial charge in [0, 0.05) is 13.1 Å². The minimum Gasteiger partial charge on any atom is -0.351 e. The molecule has 138 valence electrons. The zero-order valence-electron chi connectivity index (χ0n) is 15.8. The van der Waals surface area contributed by atoms with E-state index in [2.05, 4.69) is 57.3 Å². The van der Waals surface area contributed by atoms with Gasteiger partial charge in [0.05, 0.1) is 12.0 Å².